The molecule has 1 aromatic rings. The van der Waals surface area contributed by atoms with Gasteiger partial charge in [0, 0.05) is 36.7 Å². The van der Waals surface area contributed by atoms with Crippen LogP contribution in [0.2, 0.25) is 0 Å². The van der Waals surface area contributed by atoms with Gasteiger partial charge in [-0.25, -0.2) is 0 Å². The minimum Gasteiger partial charge on any atom is -0.391 e. The van der Waals surface area contributed by atoms with E-state index in [1.807, 2.05) is 44.7 Å². The number of aliphatic hydroxyl groups excluding tert-OH is 1. The van der Waals surface area contributed by atoms with Gasteiger partial charge in [-0.2, -0.15) is 0 Å². The number of hydrogen-bond donors (Lipinski definition) is 4. The van der Waals surface area contributed by atoms with E-state index in [-0.39, 0.29) is 17.4 Å². The number of allylic oxidation sites excluding steroid dienone is 1. The van der Waals surface area contributed by atoms with E-state index in [1.54, 1.807) is 4.90 Å². The van der Waals surface area contributed by atoms with Crippen molar-refractivity contribution in [2.75, 3.05) is 25.5 Å². The quantitative estimate of drug-likeness (QED) is 0.462. The van der Waals surface area contributed by atoms with E-state index in [9.17, 15) is 14.7 Å². The lowest BCUT2D eigenvalue weighted by molar-refractivity contribution is -0.132. The number of aliphatic hydroxyl groups is 1. The second-order valence-electron chi connectivity index (χ2n) is 9.04. The summed E-state index contributed by atoms with van der Waals surface area (Å²) in [6, 6.07) is 8.29. The zero-order valence-corrected chi connectivity index (χ0v) is 22.9. The summed E-state index contributed by atoms with van der Waals surface area (Å²) in [6.45, 7) is 16.7. The fraction of sp³-hybridized carbons (Fsp3) is 0.615. The second kappa shape index (κ2) is 17.4. The Morgan fingerprint density at radius 1 is 1.29 bits per heavy atom. The van der Waals surface area contributed by atoms with Gasteiger partial charge >= 0.3 is 0 Å². The van der Waals surface area contributed by atoms with E-state index >= 15 is 0 Å². The minimum absolute atomic E-state index is 0.0463. The molecule has 5 N–H and O–H groups in total. The number of nitrogens with zero attached hydrogens (tertiary/aromatic N) is 1. The van der Waals surface area contributed by atoms with Crippen molar-refractivity contribution in [2.24, 2.45) is 11.1 Å². The third-order valence-electron chi connectivity index (χ3n) is 4.70. The molecule has 2 amide bonds. The first-order valence-corrected chi connectivity index (χ1v) is 13.1. The molecule has 2 aliphatic rings. The van der Waals surface area contributed by atoms with Crippen LogP contribution in [-0.4, -0.2) is 53.9 Å². The first-order chi connectivity index (χ1) is 16.1. The zero-order chi connectivity index (χ0) is 26.1. The number of amides is 2. The van der Waals surface area contributed by atoms with Crippen LogP contribution in [-0.2, 0) is 16.1 Å². The number of likely N-dealkylation sites (tertiary alicyclic amines) is 1. The molecule has 2 aliphatic heterocycles. The normalized spacial score (nSPS) is 16.7. The molecule has 2 heterocycles. The molecule has 0 radical (unpaired) electrons. The van der Waals surface area contributed by atoms with Gasteiger partial charge in [0.05, 0.1) is 12.0 Å². The first-order valence-electron chi connectivity index (χ1n) is 12.1. The van der Waals surface area contributed by atoms with Crippen LogP contribution in [0.5, 0.6) is 0 Å². The summed E-state index contributed by atoms with van der Waals surface area (Å²) in [4.78, 5) is 24.9. The van der Waals surface area contributed by atoms with Crippen molar-refractivity contribution in [1.29, 1.82) is 0 Å². The van der Waals surface area contributed by atoms with Crippen LogP contribution in [0.3, 0.4) is 0 Å². The molecule has 1 aromatic carbocycles. The number of β-amino-alcohol motifs (C(OH)–C–C–N with tert-alkyl or cyclic N) is 1. The number of carbonyl (C=O) groups excluding carboxylic acids is 2. The van der Waals surface area contributed by atoms with Crippen LogP contribution in [0.25, 0.3) is 4.91 Å². The van der Waals surface area contributed by atoms with Gasteiger partial charge in [-0.1, -0.05) is 65.8 Å². The monoisotopic (exact) mass is 494 g/mol. The van der Waals surface area contributed by atoms with Crippen LogP contribution in [0.1, 0.15) is 72.4 Å². The Kier molecular flexibility index (Phi) is 16.4. The van der Waals surface area contributed by atoms with Crippen molar-refractivity contribution in [3.05, 3.63) is 41.1 Å². The Morgan fingerprint density at radius 3 is 2.29 bits per heavy atom. The molecule has 0 aliphatic carbocycles. The van der Waals surface area contributed by atoms with E-state index in [0.717, 1.165) is 37.4 Å². The molecule has 0 aromatic heterocycles. The molecular weight excluding hydrogens is 448 g/mol. The van der Waals surface area contributed by atoms with Gasteiger partial charge in [0.2, 0.25) is 12.3 Å². The molecule has 194 valence electrons. The molecule has 8 heteroatoms. The molecule has 0 bridgehead atoms. The highest BCUT2D eigenvalue weighted by atomic mass is 32.2. The largest absolute Gasteiger partial charge is 0.391 e. The van der Waals surface area contributed by atoms with E-state index in [4.69, 9.17) is 5.73 Å². The Labute approximate surface area is 210 Å². The average molecular weight is 495 g/mol. The maximum atomic E-state index is 11.6. The van der Waals surface area contributed by atoms with Gasteiger partial charge in [0.1, 0.15) is 0 Å². The summed E-state index contributed by atoms with van der Waals surface area (Å²) in [5, 5.41) is 15.2. The molecule has 0 spiro atoms. The average Bonchev–Trinajstić information content (AvgIpc) is 3.42. The first kappa shape index (κ1) is 32.0. The number of carbonyl (C=O) groups is 2. The summed E-state index contributed by atoms with van der Waals surface area (Å²) in [7, 11) is 0. The highest BCUT2D eigenvalue weighted by molar-refractivity contribution is 8.08. The zero-order valence-electron chi connectivity index (χ0n) is 22.1. The SMILES string of the molecule is CC.CC(C)(C)CC(=O)N1CCC(O)C1.CC1=C(c2ccc(CNC=O)cc2)SCN1.CCN. The fourth-order valence-corrected chi connectivity index (χ4v) is 4.20. The van der Waals surface area contributed by atoms with Crippen molar-refractivity contribution < 1.29 is 14.7 Å². The lowest BCUT2D eigenvalue weighted by atomic mass is 9.92. The Morgan fingerprint density at radius 2 is 1.88 bits per heavy atom. The smallest absolute Gasteiger partial charge is 0.223 e. The molecule has 0 saturated carbocycles. The molecule has 34 heavy (non-hydrogen) atoms. The molecule has 1 fully saturated rings. The van der Waals surface area contributed by atoms with Crippen LogP contribution in [0.15, 0.2) is 30.0 Å². The Balaban J connectivity index is 0.000000548. The summed E-state index contributed by atoms with van der Waals surface area (Å²) in [6.07, 6.45) is 1.72. The molecule has 7 nitrogen and oxygen atoms in total. The summed E-state index contributed by atoms with van der Waals surface area (Å²) >= 11 is 1.82. The number of nitrogens with two attached hydrogens (primary N) is 1. The van der Waals surface area contributed by atoms with Crippen molar-refractivity contribution in [2.45, 2.75) is 74.0 Å². The predicted octanol–water partition coefficient (Wildman–Crippen LogP) is 3.92. The molecule has 1 unspecified atom stereocenters. The second-order valence-corrected chi connectivity index (χ2v) is 10.0. The topological polar surface area (TPSA) is 108 Å². The van der Waals surface area contributed by atoms with Crippen LogP contribution in [0.4, 0.5) is 0 Å². The molecule has 3 rings (SSSR count). The predicted molar refractivity (Wildman–Crippen MR) is 145 cm³/mol. The third kappa shape index (κ3) is 13.0. The number of nitrogens with one attached hydrogen (secondary N) is 2. The van der Waals surface area contributed by atoms with Gasteiger partial charge in [-0.15, -0.1) is 11.8 Å². The molecule has 1 atom stereocenters. The number of rotatable bonds is 5. The van der Waals surface area contributed by atoms with Gasteiger partial charge in [-0.3, -0.25) is 9.59 Å². The highest BCUT2D eigenvalue weighted by Crippen LogP contribution is 2.33. The maximum Gasteiger partial charge on any atom is 0.223 e. The van der Waals surface area contributed by atoms with Crippen molar-refractivity contribution in [1.82, 2.24) is 15.5 Å². The van der Waals surface area contributed by atoms with E-state index in [2.05, 4.69) is 50.5 Å². The van der Waals surface area contributed by atoms with Gasteiger partial charge in [0.15, 0.2) is 0 Å². The van der Waals surface area contributed by atoms with Crippen molar-refractivity contribution in [3.63, 3.8) is 0 Å². The van der Waals surface area contributed by atoms with Crippen molar-refractivity contribution >= 4 is 29.0 Å². The number of benzene rings is 1. The third-order valence-corrected chi connectivity index (χ3v) is 5.82. The van der Waals surface area contributed by atoms with Crippen molar-refractivity contribution in [3.8, 4) is 0 Å². The lowest BCUT2D eigenvalue weighted by Crippen LogP contribution is -2.32. The number of thioether (sulfide) groups is 1. The summed E-state index contributed by atoms with van der Waals surface area (Å²) in [5.74, 6) is 1.12. The van der Waals surface area contributed by atoms with E-state index < -0.39 is 0 Å². The van der Waals surface area contributed by atoms with Crippen LogP contribution >= 0.6 is 11.8 Å². The molecule has 1 saturated heterocycles. The highest BCUT2D eigenvalue weighted by Gasteiger charge is 2.27. The summed E-state index contributed by atoms with van der Waals surface area (Å²) < 4.78 is 0. The van der Waals surface area contributed by atoms with E-state index in [0.29, 0.717) is 19.5 Å². The summed E-state index contributed by atoms with van der Waals surface area (Å²) in [5.41, 5.74) is 8.49. The van der Waals surface area contributed by atoms with E-state index in [1.165, 1.54) is 16.2 Å². The Hall–Kier alpha value is -2.03. The van der Waals surface area contributed by atoms with Gasteiger partial charge in [0.25, 0.3) is 0 Å². The molecular formula is C26H46N4O3S. The van der Waals surface area contributed by atoms with Gasteiger partial charge in [-0.05, 0) is 36.4 Å². The minimum atomic E-state index is -0.302. The van der Waals surface area contributed by atoms with Crippen LogP contribution < -0.4 is 16.4 Å². The van der Waals surface area contributed by atoms with Gasteiger partial charge < -0.3 is 26.4 Å². The fourth-order valence-electron chi connectivity index (χ4n) is 3.17. The standard InChI is InChI=1S/C12H14N2OS.C10H19NO2.C2H7N.C2H6/c1-9-12(16-8-14-9)11-4-2-10(3-5-11)6-13-7-15;1-10(2,3)6-9(13)11-5-4-8(12)7-11;1-2-3;1-2/h2-5,7,14H,6,8H2,1H3,(H,13,15);8,12H,4-7H2,1-3H3;2-3H2,1H3;1-2H3. The number of hydrogen-bond acceptors (Lipinski definition) is 6. The maximum absolute atomic E-state index is 11.6. The van der Waals surface area contributed by atoms with Crippen LogP contribution in [0, 0.1) is 5.41 Å². The lowest BCUT2D eigenvalue weighted by Gasteiger charge is -2.22. The Bertz CT molecular complexity index is 745.